The van der Waals surface area contributed by atoms with Crippen LogP contribution in [0, 0.1) is 12.7 Å². The normalized spacial score (nSPS) is 12.4. The summed E-state index contributed by atoms with van der Waals surface area (Å²) < 4.78 is 19.6. The number of halogens is 1. The van der Waals surface area contributed by atoms with Crippen LogP contribution in [-0.4, -0.2) is 16.7 Å². The van der Waals surface area contributed by atoms with E-state index in [1.807, 2.05) is 19.9 Å². The molecule has 0 bridgehead atoms. The van der Waals surface area contributed by atoms with Crippen LogP contribution in [0.3, 0.4) is 0 Å². The molecule has 0 aliphatic carbocycles. The number of hydrogen-bond donors (Lipinski definition) is 2. The van der Waals surface area contributed by atoms with Gasteiger partial charge in [0.25, 0.3) is 0 Å². The van der Waals surface area contributed by atoms with Gasteiger partial charge in [0.2, 0.25) is 5.88 Å². The Kier molecular flexibility index (Phi) is 4.74. The maximum Gasteiger partial charge on any atom is 0.238 e. The van der Waals surface area contributed by atoms with Gasteiger partial charge in [0, 0.05) is 23.4 Å². The van der Waals surface area contributed by atoms with Gasteiger partial charge in [0.05, 0.1) is 0 Å². The number of para-hydroxylation sites is 1. The SMILES string of the molecule is CCCNC(C)c1cccc(F)c1Oc1cc(C)[nH]n1. The maximum atomic E-state index is 14.0. The van der Waals surface area contributed by atoms with Crippen molar-refractivity contribution in [1.29, 1.82) is 0 Å². The number of rotatable bonds is 6. The Morgan fingerprint density at radius 2 is 2.25 bits per heavy atom. The maximum absolute atomic E-state index is 14.0. The van der Waals surface area contributed by atoms with Crippen LogP contribution in [0.2, 0.25) is 0 Å². The van der Waals surface area contributed by atoms with Crippen LogP contribution >= 0.6 is 0 Å². The molecule has 0 aliphatic heterocycles. The first kappa shape index (κ1) is 14.5. The van der Waals surface area contributed by atoms with E-state index in [9.17, 15) is 4.39 Å². The fourth-order valence-electron chi connectivity index (χ4n) is 1.99. The third kappa shape index (κ3) is 3.36. The third-order valence-electron chi connectivity index (χ3n) is 3.05. The number of ether oxygens (including phenoxy) is 1. The number of benzene rings is 1. The van der Waals surface area contributed by atoms with Gasteiger partial charge in [0.15, 0.2) is 11.6 Å². The van der Waals surface area contributed by atoms with E-state index in [-0.39, 0.29) is 17.6 Å². The van der Waals surface area contributed by atoms with E-state index in [0.29, 0.717) is 5.88 Å². The zero-order valence-corrected chi connectivity index (χ0v) is 12.0. The lowest BCUT2D eigenvalue weighted by molar-refractivity contribution is 0.411. The number of aryl methyl sites for hydroxylation is 1. The molecule has 20 heavy (non-hydrogen) atoms. The van der Waals surface area contributed by atoms with Crippen LogP contribution < -0.4 is 10.1 Å². The number of hydrogen-bond acceptors (Lipinski definition) is 3. The van der Waals surface area contributed by atoms with Crippen molar-refractivity contribution < 1.29 is 9.13 Å². The molecule has 2 rings (SSSR count). The fraction of sp³-hybridized carbons (Fsp3) is 0.400. The highest BCUT2D eigenvalue weighted by Crippen LogP contribution is 2.31. The van der Waals surface area contributed by atoms with Crippen molar-refractivity contribution in [1.82, 2.24) is 15.5 Å². The average molecular weight is 277 g/mol. The van der Waals surface area contributed by atoms with Crippen molar-refractivity contribution >= 4 is 0 Å². The molecule has 0 aliphatic rings. The monoisotopic (exact) mass is 277 g/mol. The van der Waals surface area contributed by atoms with Crippen LogP contribution in [0.15, 0.2) is 24.3 Å². The lowest BCUT2D eigenvalue weighted by Gasteiger charge is -2.17. The summed E-state index contributed by atoms with van der Waals surface area (Å²) in [5.74, 6) is 0.222. The summed E-state index contributed by atoms with van der Waals surface area (Å²) in [6.45, 7) is 6.83. The van der Waals surface area contributed by atoms with Gasteiger partial charge in [0.1, 0.15) is 0 Å². The number of aromatic nitrogens is 2. The Labute approximate surface area is 118 Å². The minimum absolute atomic E-state index is 0.0145. The van der Waals surface area contributed by atoms with E-state index in [4.69, 9.17) is 4.74 Å². The van der Waals surface area contributed by atoms with Crippen molar-refractivity contribution in [2.75, 3.05) is 6.54 Å². The molecular weight excluding hydrogens is 257 g/mol. The molecule has 5 heteroatoms. The minimum Gasteiger partial charge on any atom is -0.434 e. The summed E-state index contributed by atoms with van der Waals surface area (Å²) in [7, 11) is 0. The van der Waals surface area contributed by atoms with E-state index in [0.717, 1.165) is 24.2 Å². The second kappa shape index (κ2) is 6.52. The Hall–Kier alpha value is -1.88. The minimum atomic E-state index is -0.381. The summed E-state index contributed by atoms with van der Waals surface area (Å²) in [5, 5.41) is 10.1. The van der Waals surface area contributed by atoms with Crippen molar-refractivity contribution in [2.45, 2.75) is 33.2 Å². The van der Waals surface area contributed by atoms with E-state index < -0.39 is 0 Å². The van der Waals surface area contributed by atoms with Gasteiger partial charge in [-0.15, -0.1) is 5.10 Å². The quantitative estimate of drug-likeness (QED) is 0.846. The van der Waals surface area contributed by atoms with E-state index in [1.165, 1.54) is 6.07 Å². The Balaban J connectivity index is 2.26. The van der Waals surface area contributed by atoms with Crippen LogP contribution in [-0.2, 0) is 0 Å². The lowest BCUT2D eigenvalue weighted by Crippen LogP contribution is -2.20. The summed E-state index contributed by atoms with van der Waals surface area (Å²) in [6, 6.07) is 6.70. The van der Waals surface area contributed by atoms with E-state index in [1.54, 1.807) is 12.1 Å². The number of nitrogens with one attached hydrogen (secondary N) is 2. The van der Waals surface area contributed by atoms with Crippen molar-refractivity contribution in [3.63, 3.8) is 0 Å². The average Bonchev–Trinajstić information content (AvgIpc) is 2.84. The van der Waals surface area contributed by atoms with Gasteiger partial charge >= 0.3 is 0 Å². The second-order valence-corrected chi connectivity index (χ2v) is 4.83. The largest absolute Gasteiger partial charge is 0.434 e. The first-order chi connectivity index (χ1) is 9.61. The van der Waals surface area contributed by atoms with Gasteiger partial charge in [-0.05, 0) is 32.9 Å². The van der Waals surface area contributed by atoms with Gasteiger partial charge in [-0.2, -0.15) is 0 Å². The molecule has 4 nitrogen and oxygen atoms in total. The number of aromatic amines is 1. The van der Waals surface area contributed by atoms with Crippen molar-refractivity contribution in [3.8, 4) is 11.6 Å². The summed E-state index contributed by atoms with van der Waals surface area (Å²) in [4.78, 5) is 0. The molecule has 2 N–H and O–H groups in total. The van der Waals surface area contributed by atoms with Gasteiger partial charge < -0.3 is 10.1 Å². The zero-order valence-electron chi connectivity index (χ0n) is 12.0. The highest BCUT2D eigenvalue weighted by atomic mass is 19.1. The zero-order chi connectivity index (χ0) is 14.5. The van der Waals surface area contributed by atoms with Crippen LogP contribution in [0.25, 0.3) is 0 Å². The molecule has 108 valence electrons. The highest BCUT2D eigenvalue weighted by Gasteiger charge is 2.16. The van der Waals surface area contributed by atoms with Gasteiger partial charge in [-0.3, -0.25) is 5.10 Å². The molecule has 0 fully saturated rings. The smallest absolute Gasteiger partial charge is 0.238 e. The van der Waals surface area contributed by atoms with E-state index >= 15 is 0 Å². The van der Waals surface area contributed by atoms with Crippen LogP contribution in [0.1, 0.15) is 37.6 Å². The molecule has 1 unspecified atom stereocenters. The molecule has 0 saturated carbocycles. The molecule has 0 radical (unpaired) electrons. The molecular formula is C15H20FN3O. The molecule has 0 saturated heterocycles. The Morgan fingerprint density at radius 1 is 1.45 bits per heavy atom. The number of nitrogens with zero attached hydrogens (tertiary/aromatic N) is 1. The van der Waals surface area contributed by atoms with E-state index in [2.05, 4.69) is 22.4 Å². The summed E-state index contributed by atoms with van der Waals surface area (Å²) >= 11 is 0. The lowest BCUT2D eigenvalue weighted by atomic mass is 10.1. The third-order valence-corrected chi connectivity index (χ3v) is 3.05. The molecule has 1 aromatic carbocycles. The van der Waals surface area contributed by atoms with Crippen LogP contribution in [0.5, 0.6) is 11.6 Å². The predicted octanol–water partition coefficient (Wildman–Crippen LogP) is 3.71. The summed E-state index contributed by atoms with van der Waals surface area (Å²) in [5.41, 5.74) is 1.66. The highest BCUT2D eigenvalue weighted by molar-refractivity contribution is 5.39. The molecule has 2 aromatic rings. The predicted molar refractivity (Wildman–Crippen MR) is 76.5 cm³/mol. The fourth-order valence-corrected chi connectivity index (χ4v) is 1.99. The van der Waals surface area contributed by atoms with Gasteiger partial charge in [-0.1, -0.05) is 19.1 Å². The van der Waals surface area contributed by atoms with Crippen molar-refractivity contribution in [3.05, 3.63) is 41.3 Å². The van der Waals surface area contributed by atoms with Crippen LogP contribution in [0.4, 0.5) is 4.39 Å². The molecule has 1 heterocycles. The second-order valence-electron chi connectivity index (χ2n) is 4.83. The standard InChI is InChI=1S/C15H20FN3O/c1-4-8-17-11(3)12-6-5-7-13(16)15(12)20-14-9-10(2)18-19-14/h5-7,9,11,17H,4,8H2,1-3H3,(H,18,19). The Bertz CT molecular complexity index is 568. The first-order valence-corrected chi connectivity index (χ1v) is 6.83. The van der Waals surface area contributed by atoms with Gasteiger partial charge in [-0.25, -0.2) is 4.39 Å². The van der Waals surface area contributed by atoms with Crippen molar-refractivity contribution in [2.24, 2.45) is 0 Å². The summed E-state index contributed by atoms with van der Waals surface area (Å²) in [6.07, 6.45) is 1.02. The molecule has 0 amide bonds. The Morgan fingerprint density at radius 3 is 2.90 bits per heavy atom. The topological polar surface area (TPSA) is 49.9 Å². The molecule has 1 atom stereocenters. The molecule has 0 spiro atoms. The first-order valence-electron chi connectivity index (χ1n) is 6.83. The number of H-pyrrole nitrogens is 1. The molecule has 1 aromatic heterocycles.